The van der Waals surface area contributed by atoms with Gasteiger partial charge < -0.3 is 15.4 Å². The molecule has 1 aliphatic rings. The zero-order valence-corrected chi connectivity index (χ0v) is 10.6. The summed E-state index contributed by atoms with van der Waals surface area (Å²) in [5.74, 6) is -0.572. The summed E-state index contributed by atoms with van der Waals surface area (Å²) >= 11 is 0. The fraction of sp³-hybridized carbons (Fsp3) is 0.417. The topological polar surface area (TPSA) is 50.4 Å². The van der Waals surface area contributed by atoms with Crippen LogP contribution in [0, 0.1) is 5.82 Å². The van der Waals surface area contributed by atoms with Gasteiger partial charge in [-0.1, -0.05) is 12.1 Å². The first kappa shape index (κ1) is 14.7. The molecule has 1 aromatic rings. The Kier molecular flexibility index (Phi) is 5.88. The van der Waals surface area contributed by atoms with Crippen LogP contribution in [0.4, 0.5) is 4.39 Å². The number of benzene rings is 1. The lowest BCUT2D eigenvalue weighted by atomic mass is 10.2. The van der Waals surface area contributed by atoms with E-state index in [-0.39, 0.29) is 36.7 Å². The standard InChI is InChI=1S/C12H15FN2O2.ClH/c13-10-3-1-2-4-11(10)17-8-12(16)15-9-5-6-14-7-9;/h1-4,9,14H,5-8H2,(H,15,16);1H. The van der Waals surface area contributed by atoms with Crippen LogP contribution in [-0.4, -0.2) is 31.6 Å². The van der Waals surface area contributed by atoms with E-state index in [4.69, 9.17) is 4.74 Å². The van der Waals surface area contributed by atoms with Gasteiger partial charge in [-0.2, -0.15) is 0 Å². The lowest BCUT2D eigenvalue weighted by Gasteiger charge is -2.12. The van der Waals surface area contributed by atoms with Gasteiger partial charge in [0, 0.05) is 12.6 Å². The Morgan fingerprint density at radius 3 is 2.94 bits per heavy atom. The number of carbonyl (C=O) groups excluding carboxylic acids is 1. The van der Waals surface area contributed by atoms with Crippen LogP contribution in [0.2, 0.25) is 0 Å². The van der Waals surface area contributed by atoms with Gasteiger partial charge >= 0.3 is 0 Å². The predicted molar refractivity (Wildman–Crippen MR) is 68.6 cm³/mol. The molecule has 4 nitrogen and oxygen atoms in total. The molecular weight excluding hydrogens is 259 g/mol. The lowest BCUT2D eigenvalue weighted by Crippen LogP contribution is -2.39. The molecule has 100 valence electrons. The van der Waals surface area contributed by atoms with E-state index in [2.05, 4.69) is 10.6 Å². The third kappa shape index (κ3) is 4.16. The van der Waals surface area contributed by atoms with E-state index >= 15 is 0 Å². The summed E-state index contributed by atoms with van der Waals surface area (Å²) in [6, 6.07) is 6.20. The lowest BCUT2D eigenvalue weighted by molar-refractivity contribution is -0.123. The second-order valence-corrected chi connectivity index (χ2v) is 3.98. The van der Waals surface area contributed by atoms with Crippen molar-refractivity contribution >= 4 is 18.3 Å². The molecule has 1 heterocycles. The number of para-hydroxylation sites is 1. The van der Waals surface area contributed by atoms with Crippen molar-refractivity contribution in [1.82, 2.24) is 10.6 Å². The second kappa shape index (κ2) is 7.18. The minimum absolute atomic E-state index is 0. The van der Waals surface area contributed by atoms with Gasteiger partial charge in [0.25, 0.3) is 5.91 Å². The monoisotopic (exact) mass is 274 g/mol. The van der Waals surface area contributed by atoms with Gasteiger partial charge in [-0.3, -0.25) is 4.79 Å². The Bertz CT molecular complexity index is 397. The van der Waals surface area contributed by atoms with Crippen LogP contribution >= 0.6 is 12.4 Å². The normalized spacial score (nSPS) is 17.9. The highest BCUT2D eigenvalue weighted by Crippen LogP contribution is 2.14. The van der Waals surface area contributed by atoms with Crippen molar-refractivity contribution in [2.75, 3.05) is 19.7 Å². The zero-order chi connectivity index (χ0) is 12.1. The van der Waals surface area contributed by atoms with Crippen molar-refractivity contribution in [3.8, 4) is 5.75 Å². The maximum absolute atomic E-state index is 13.2. The molecule has 0 aromatic heterocycles. The molecule has 1 amide bonds. The van der Waals surface area contributed by atoms with Crippen LogP contribution in [0.5, 0.6) is 5.75 Å². The predicted octanol–water partition coefficient (Wildman–Crippen LogP) is 1.10. The highest BCUT2D eigenvalue weighted by molar-refractivity contribution is 5.85. The van der Waals surface area contributed by atoms with E-state index in [1.165, 1.54) is 12.1 Å². The third-order valence-electron chi connectivity index (χ3n) is 2.62. The molecule has 6 heteroatoms. The molecule has 0 saturated carbocycles. The van der Waals surface area contributed by atoms with Gasteiger partial charge in [0.1, 0.15) is 0 Å². The average molecular weight is 275 g/mol. The molecular formula is C12H16ClFN2O2. The minimum Gasteiger partial charge on any atom is -0.481 e. The molecule has 1 saturated heterocycles. The molecule has 1 aromatic carbocycles. The van der Waals surface area contributed by atoms with E-state index in [0.717, 1.165) is 19.5 Å². The van der Waals surface area contributed by atoms with Crippen molar-refractivity contribution in [1.29, 1.82) is 0 Å². The summed E-state index contributed by atoms with van der Waals surface area (Å²) in [6.07, 6.45) is 0.922. The molecule has 0 spiro atoms. The highest BCUT2D eigenvalue weighted by atomic mass is 35.5. The van der Waals surface area contributed by atoms with E-state index < -0.39 is 5.82 Å². The Balaban J connectivity index is 0.00000162. The van der Waals surface area contributed by atoms with Crippen LogP contribution in [-0.2, 0) is 4.79 Å². The Morgan fingerprint density at radius 2 is 2.28 bits per heavy atom. The van der Waals surface area contributed by atoms with Gasteiger partial charge in [-0.25, -0.2) is 4.39 Å². The van der Waals surface area contributed by atoms with Crippen LogP contribution < -0.4 is 15.4 Å². The van der Waals surface area contributed by atoms with Crippen molar-refractivity contribution in [2.45, 2.75) is 12.5 Å². The Labute approximate surface area is 111 Å². The highest BCUT2D eigenvalue weighted by Gasteiger charge is 2.16. The van der Waals surface area contributed by atoms with Crippen LogP contribution in [0.25, 0.3) is 0 Å². The van der Waals surface area contributed by atoms with Crippen LogP contribution in [0.15, 0.2) is 24.3 Å². The van der Waals surface area contributed by atoms with Gasteiger partial charge in [0.05, 0.1) is 0 Å². The summed E-state index contributed by atoms with van der Waals surface area (Å²) in [5, 5.41) is 5.96. The molecule has 0 bridgehead atoms. The molecule has 0 aliphatic carbocycles. The molecule has 2 N–H and O–H groups in total. The summed E-state index contributed by atoms with van der Waals surface area (Å²) < 4.78 is 18.3. The maximum atomic E-state index is 13.2. The van der Waals surface area contributed by atoms with E-state index in [1.807, 2.05) is 0 Å². The zero-order valence-electron chi connectivity index (χ0n) is 9.82. The average Bonchev–Trinajstić information content (AvgIpc) is 2.81. The number of rotatable bonds is 4. The SMILES string of the molecule is Cl.O=C(COc1ccccc1F)NC1CCNC1. The molecule has 18 heavy (non-hydrogen) atoms. The number of halogens is 2. The van der Waals surface area contributed by atoms with Gasteiger partial charge in [0.2, 0.25) is 0 Å². The number of hydrogen-bond acceptors (Lipinski definition) is 3. The van der Waals surface area contributed by atoms with Crippen LogP contribution in [0.3, 0.4) is 0 Å². The molecule has 1 fully saturated rings. The van der Waals surface area contributed by atoms with E-state index in [0.29, 0.717) is 0 Å². The number of hydrogen-bond donors (Lipinski definition) is 2. The number of amides is 1. The quantitative estimate of drug-likeness (QED) is 0.865. The Morgan fingerprint density at radius 1 is 1.50 bits per heavy atom. The summed E-state index contributed by atoms with van der Waals surface area (Å²) in [4.78, 5) is 11.5. The largest absolute Gasteiger partial charge is 0.481 e. The number of ether oxygens (including phenoxy) is 1. The van der Waals surface area contributed by atoms with Crippen molar-refractivity contribution in [3.05, 3.63) is 30.1 Å². The first-order valence-electron chi connectivity index (χ1n) is 5.63. The van der Waals surface area contributed by atoms with E-state index in [9.17, 15) is 9.18 Å². The smallest absolute Gasteiger partial charge is 0.258 e. The van der Waals surface area contributed by atoms with E-state index in [1.54, 1.807) is 12.1 Å². The fourth-order valence-corrected chi connectivity index (χ4v) is 1.75. The van der Waals surface area contributed by atoms with Crippen molar-refractivity contribution in [3.63, 3.8) is 0 Å². The number of nitrogens with one attached hydrogen (secondary N) is 2. The second-order valence-electron chi connectivity index (χ2n) is 3.98. The van der Waals surface area contributed by atoms with Crippen LogP contribution in [0.1, 0.15) is 6.42 Å². The van der Waals surface area contributed by atoms with Crippen molar-refractivity contribution in [2.24, 2.45) is 0 Å². The maximum Gasteiger partial charge on any atom is 0.258 e. The first-order chi connectivity index (χ1) is 8.25. The summed E-state index contributed by atoms with van der Waals surface area (Å²) in [6.45, 7) is 1.54. The fourth-order valence-electron chi connectivity index (χ4n) is 1.75. The summed E-state index contributed by atoms with van der Waals surface area (Å²) in [7, 11) is 0. The third-order valence-corrected chi connectivity index (χ3v) is 2.62. The molecule has 0 radical (unpaired) electrons. The molecule has 1 unspecified atom stereocenters. The molecule has 1 atom stereocenters. The first-order valence-corrected chi connectivity index (χ1v) is 5.63. The van der Waals surface area contributed by atoms with Crippen molar-refractivity contribution < 1.29 is 13.9 Å². The molecule has 2 rings (SSSR count). The molecule has 1 aliphatic heterocycles. The number of carbonyl (C=O) groups is 1. The van der Waals surface area contributed by atoms with Gasteiger partial charge in [-0.15, -0.1) is 12.4 Å². The van der Waals surface area contributed by atoms with Gasteiger partial charge in [-0.05, 0) is 25.1 Å². The van der Waals surface area contributed by atoms with Gasteiger partial charge in [0.15, 0.2) is 18.2 Å². The Hall–Kier alpha value is -1.33. The summed E-state index contributed by atoms with van der Waals surface area (Å²) in [5.41, 5.74) is 0. The minimum atomic E-state index is -0.456.